The van der Waals surface area contributed by atoms with Gasteiger partial charge in [-0.3, -0.25) is 19.7 Å². The van der Waals surface area contributed by atoms with E-state index in [1.807, 2.05) is 25.2 Å². The lowest BCUT2D eigenvalue weighted by molar-refractivity contribution is -0.137. The normalized spacial score (nSPS) is 25.8. The molecule has 2 N–H and O–H groups in total. The number of nitrogens with zero attached hydrogens (tertiary/aromatic N) is 4. The van der Waals surface area contributed by atoms with Gasteiger partial charge in [-0.2, -0.15) is 0 Å². The molecular weight excluding hydrogens is 536 g/mol. The quantitative estimate of drug-likeness (QED) is 0.131. The molecule has 1 fully saturated rings. The van der Waals surface area contributed by atoms with E-state index in [4.69, 9.17) is 26.7 Å². The van der Waals surface area contributed by atoms with Crippen molar-refractivity contribution in [3.63, 3.8) is 0 Å². The molecule has 0 aromatic heterocycles. The predicted octanol–water partition coefficient (Wildman–Crippen LogP) is 6.04. The van der Waals surface area contributed by atoms with E-state index >= 15 is 0 Å². The molecule has 228 valence electrons. The molecule has 8 heteroatoms. The van der Waals surface area contributed by atoms with Crippen LogP contribution in [0.5, 0.6) is 0 Å². The summed E-state index contributed by atoms with van der Waals surface area (Å²) in [5.41, 5.74) is 2.00. The number of carbonyl (C=O) groups is 1. The van der Waals surface area contributed by atoms with Crippen LogP contribution in [0.3, 0.4) is 0 Å². The lowest BCUT2D eigenvalue weighted by Crippen LogP contribution is -2.49. The molecule has 3 aliphatic rings. The Hall–Kier alpha value is -2.06. The Morgan fingerprint density at radius 2 is 2.02 bits per heavy atom. The lowest BCUT2D eigenvalue weighted by atomic mass is 9.83. The van der Waals surface area contributed by atoms with E-state index in [2.05, 4.69) is 49.4 Å². The highest BCUT2D eigenvalue weighted by atomic mass is 35.5. The highest BCUT2D eigenvalue weighted by molar-refractivity contribution is 6.47. The molecule has 0 radical (unpaired) electrons. The average Bonchev–Trinajstić information content (AvgIpc) is 2.96. The summed E-state index contributed by atoms with van der Waals surface area (Å²) in [7, 11) is 2.23. The number of aliphatic hydroxyl groups is 1. The van der Waals surface area contributed by atoms with Crippen molar-refractivity contribution >= 4 is 29.0 Å². The Bertz CT molecular complexity index is 1040. The molecule has 0 bridgehead atoms. The Morgan fingerprint density at radius 1 is 1.29 bits per heavy atom. The van der Waals surface area contributed by atoms with Crippen LogP contribution in [0.1, 0.15) is 78.6 Å². The van der Waals surface area contributed by atoms with E-state index in [1.165, 1.54) is 19.3 Å². The Kier molecular flexibility index (Phi) is 13.0. The lowest BCUT2D eigenvalue weighted by Gasteiger charge is -2.41. The zero-order valence-electron chi connectivity index (χ0n) is 25.5. The smallest absolute Gasteiger partial charge is 0.303 e. The van der Waals surface area contributed by atoms with Crippen molar-refractivity contribution < 1.29 is 15.0 Å². The third-order valence-electron chi connectivity index (χ3n) is 8.73. The minimum atomic E-state index is -0.783. The summed E-state index contributed by atoms with van der Waals surface area (Å²) in [6.07, 6.45) is 19.2. The Balaban J connectivity index is 1.72. The Labute approximate surface area is 252 Å². The van der Waals surface area contributed by atoms with Gasteiger partial charge in [0.15, 0.2) is 0 Å². The number of hydrogen-bond donors (Lipinski definition) is 2. The van der Waals surface area contributed by atoms with E-state index in [-0.39, 0.29) is 23.8 Å². The summed E-state index contributed by atoms with van der Waals surface area (Å²) < 4.78 is 0. The minimum Gasteiger partial charge on any atom is -0.481 e. The number of alkyl halides is 1. The van der Waals surface area contributed by atoms with Gasteiger partial charge in [0.05, 0.1) is 22.8 Å². The monoisotopic (exact) mass is 586 g/mol. The zero-order valence-corrected chi connectivity index (χ0v) is 26.3. The first-order valence-electron chi connectivity index (χ1n) is 15.4. The van der Waals surface area contributed by atoms with Crippen LogP contribution in [0.2, 0.25) is 0 Å². The molecule has 5 atom stereocenters. The molecule has 7 nitrogen and oxygen atoms in total. The molecule has 1 aliphatic carbocycles. The second-order valence-electron chi connectivity index (χ2n) is 12.1. The fourth-order valence-corrected chi connectivity index (χ4v) is 5.89. The maximum absolute atomic E-state index is 11.4. The number of hydrogen-bond acceptors (Lipinski definition) is 6. The van der Waals surface area contributed by atoms with Crippen LogP contribution in [-0.2, 0) is 4.79 Å². The fourth-order valence-electron chi connectivity index (χ4n) is 5.81. The largest absolute Gasteiger partial charge is 0.481 e. The highest BCUT2D eigenvalue weighted by Gasteiger charge is 2.38. The summed E-state index contributed by atoms with van der Waals surface area (Å²) in [5, 5.41) is 20.2. The van der Waals surface area contributed by atoms with Crippen LogP contribution < -0.4 is 0 Å². The summed E-state index contributed by atoms with van der Waals surface area (Å²) in [6, 6.07) is 0.350. The van der Waals surface area contributed by atoms with Crippen LogP contribution >= 0.6 is 11.6 Å². The number of aliphatic carboxylic acids is 1. The van der Waals surface area contributed by atoms with E-state index in [0.29, 0.717) is 18.9 Å². The molecule has 1 saturated heterocycles. The molecule has 41 heavy (non-hydrogen) atoms. The standard InChI is InChI=1S/C33H51ClN4O3/c1-6-8-11-20-37(5)26-17-21-38(22-18-26)32(41)25-16-19-33(4)30(23-25)35-28(12-9-10-13-31(39)40)29(36-33)15-14-24(3)27(34)7-2/h7,14-16,19,23-24,26-27,30,32,41H,2,6,8-13,17-18,20-22H2,1,3-5H3,(H,39,40)/b15-14+. The molecule has 0 aromatic carbocycles. The second-order valence-corrected chi connectivity index (χ2v) is 12.6. The summed E-state index contributed by atoms with van der Waals surface area (Å²) in [5.74, 6) is -0.700. The van der Waals surface area contributed by atoms with E-state index in [0.717, 1.165) is 55.9 Å². The first-order chi connectivity index (χ1) is 19.6. The molecule has 0 saturated carbocycles. The van der Waals surface area contributed by atoms with E-state index in [1.54, 1.807) is 6.08 Å². The highest BCUT2D eigenvalue weighted by Crippen LogP contribution is 2.34. The van der Waals surface area contributed by atoms with Gasteiger partial charge in [0.25, 0.3) is 0 Å². The number of halogens is 1. The number of unbranched alkanes of at least 4 members (excludes halogenated alkanes) is 3. The molecule has 0 aromatic rings. The molecule has 0 amide bonds. The Morgan fingerprint density at radius 3 is 2.68 bits per heavy atom. The van der Waals surface area contributed by atoms with Crippen molar-refractivity contribution in [1.29, 1.82) is 0 Å². The third-order valence-corrected chi connectivity index (χ3v) is 9.31. The minimum absolute atomic E-state index is 0.0828. The van der Waals surface area contributed by atoms with Gasteiger partial charge in [-0.05, 0) is 76.6 Å². The second kappa shape index (κ2) is 16.0. The van der Waals surface area contributed by atoms with Crippen molar-refractivity contribution in [2.24, 2.45) is 15.9 Å². The molecule has 0 spiro atoms. The van der Waals surface area contributed by atoms with Crippen LogP contribution in [0.15, 0.2) is 58.6 Å². The van der Waals surface area contributed by atoms with Crippen molar-refractivity contribution in [3.8, 4) is 0 Å². The van der Waals surface area contributed by atoms with Gasteiger partial charge < -0.3 is 15.1 Å². The average molecular weight is 587 g/mol. The zero-order chi connectivity index (χ0) is 30.0. The van der Waals surface area contributed by atoms with Crippen molar-refractivity contribution in [2.45, 2.75) is 108 Å². The van der Waals surface area contributed by atoms with Crippen molar-refractivity contribution in [3.05, 3.63) is 48.6 Å². The molecule has 5 unspecified atom stereocenters. The summed E-state index contributed by atoms with van der Waals surface area (Å²) >= 11 is 6.35. The van der Waals surface area contributed by atoms with Gasteiger partial charge in [0.2, 0.25) is 0 Å². The SMILES string of the molecule is C=CC(Cl)C(C)/C=C/C1=NC2(C)C=CC(C(O)N3CCC(N(C)CCCCC)CC3)=CC2N=C1CCCCC(=O)O. The van der Waals surface area contributed by atoms with Crippen LogP contribution in [-0.4, -0.2) is 93.3 Å². The number of likely N-dealkylation sites (tertiary alicyclic amines) is 1. The number of allylic oxidation sites excluding steroid dienone is 3. The van der Waals surface area contributed by atoms with Gasteiger partial charge in [0.1, 0.15) is 11.8 Å². The number of aliphatic imine (C=N–C) groups is 2. The molecular formula is C33H51ClN4O3. The van der Waals surface area contributed by atoms with Crippen molar-refractivity contribution in [1.82, 2.24) is 9.80 Å². The summed E-state index contributed by atoms with van der Waals surface area (Å²) in [6.45, 7) is 13.0. The van der Waals surface area contributed by atoms with Gasteiger partial charge in [-0.1, -0.05) is 57.1 Å². The van der Waals surface area contributed by atoms with Gasteiger partial charge in [0, 0.05) is 25.6 Å². The van der Waals surface area contributed by atoms with E-state index in [9.17, 15) is 9.90 Å². The number of piperidine rings is 1. The van der Waals surface area contributed by atoms with Crippen molar-refractivity contribution in [2.75, 3.05) is 26.7 Å². The predicted molar refractivity (Wildman–Crippen MR) is 171 cm³/mol. The first-order valence-corrected chi connectivity index (χ1v) is 15.9. The topological polar surface area (TPSA) is 88.7 Å². The number of rotatable bonds is 16. The third kappa shape index (κ3) is 9.47. The maximum atomic E-state index is 11.4. The molecule has 3 rings (SSSR count). The summed E-state index contributed by atoms with van der Waals surface area (Å²) in [4.78, 5) is 26.0. The van der Waals surface area contributed by atoms with Gasteiger partial charge in [-0.25, -0.2) is 0 Å². The number of carboxylic acids is 1. The van der Waals surface area contributed by atoms with Crippen LogP contribution in [0, 0.1) is 5.92 Å². The first kappa shape index (κ1) is 33.4. The van der Waals surface area contributed by atoms with Gasteiger partial charge >= 0.3 is 5.97 Å². The number of fused-ring (bicyclic) bond motifs is 1. The van der Waals surface area contributed by atoms with Crippen LogP contribution in [0.4, 0.5) is 0 Å². The van der Waals surface area contributed by atoms with Gasteiger partial charge in [-0.15, -0.1) is 18.2 Å². The van der Waals surface area contributed by atoms with E-state index < -0.39 is 17.7 Å². The molecule has 2 aliphatic heterocycles. The molecule has 2 heterocycles. The number of carboxylic acid groups (broad SMARTS) is 1. The fraction of sp³-hybridized carbons (Fsp3) is 0.667. The number of aliphatic hydroxyl groups excluding tert-OH is 1. The maximum Gasteiger partial charge on any atom is 0.303 e. The van der Waals surface area contributed by atoms with Crippen LogP contribution in [0.25, 0.3) is 0 Å².